The molecule has 1 aromatic heterocycles. The molecule has 3 rings (SSSR count). The Labute approximate surface area is 168 Å². The van der Waals surface area contributed by atoms with Gasteiger partial charge in [0.15, 0.2) is 0 Å². The fourth-order valence-electron chi connectivity index (χ4n) is 2.93. The van der Waals surface area contributed by atoms with E-state index in [4.69, 9.17) is 0 Å². The Morgan fingerprint density at radius 3 is 2.24 bits per heavy atom. The summed E-state index contributed by atoms with van der Waals surface area (Å²) in [6, 6.07) is 13.8. The van der Waals surface area contributed by atoms with Crippen LogP contribution in [0.15, 0.2) is 54.9 Å². The Hall–Kier alpha value is -3.55. The summed E-state index contributed by atoms with van der Waals surface area (Å²) < 4.78 is 1.48. The van der Waals surface area contributed by atoms with E-state index < -0.39 is 12.0 Å². The molecule has 150 valence electrons. The van der Waals surface area contributed by atoms with Gasteiger partial charge in [0.25, 0.3) is 5.91 Å². The lowest BCUT2D eigenvalue weighted by atomic mass is 9.86. The van der Waals surface area contributed by atoms with Crippen LogP contribution in [-0.4, -0.2) is 37.2 Å². The van der Waals surface area contributed by atoms with Crippen molar-refractivity contribution in [2.24, 2.45) is 0 Å². The molecule has 0 bridgehead atoms. The number of rotatable bonds is 6. The van der Waals surface area contributed by atoms with Crippen molar-refractivity contribution in [1.29, 1.82) is 0 Å². The standard InChI is InChI=1S/C21H23N5O3/c1-21(2,3)16-8-4-14(5-9-16)18(12-19(27)28)23-20(29)15-6-10-17(11-7-15)26-13-22-24-25-26/h4-11,13,18H,12H2,1-3H3,(H,23,29)(H,27,28). The Kier molecular flexibility index (Phi) is 5.72. The SMILES string of the molecule is CC(C)(C)c1ccc(C(CC(=O)O)NC(=O)c2ccc(-n3cnnn3)cc2)cc1. The van der Waals surface area contributed by atoms with Crippen molar-refractivity contribution in [3.63, 3.8) is 0 Å². The van der Waals surface area contributed by atoms with Crippen molar-refractivity contribution < 1.29 is 14.7 Å². The Morgan fingerprint density at radius 2 is 1.72 bits per heavy atom. The van der Waals surface area contributed by atoms with E-state index in [0.717, 1.165) is 11.1 Å². The topological polar surface area (TPSA) is 110 Å². The van der Waals surface area contributed by atoms with Gasteiger partial charge in [-0.25, -0.2) is 4.68 Å². The number of nitrogens with zero attached hydrogens (tertiary/aromatic N) is 4. The second kappa shape index (κ2) is 8.22. The number of aromatic nitrogens is 4. The fraction of sp³-hybridized carbons (Fsp3) is 0.286. The Morgan fingerprint density at radius 1 is 1.07 bits per heavy atom. The van der Waals surface area contributed by atoms with Crippen molar-refractivity contribution in [1.82, 2.24) is 25.5 Å². The first-order valence-corrected chi connectivity index (χ1v) is 9.20. The lowest BCUT2D eigenvalue weighted by Crippen LogP contribution is -2.30. The van der Waals surface area contributed by atoms with E-state index in [1.54, 1.807) is 24.3 Å². The number of carbonyl (C=O) groups excluding carboxylic acids is 1. The van der Waals surface area contributed by atoms with Gasteiger partial charge < -0.3 is 10.4 Å². The number of hydrogen-bond donors (Lipinski definition) is 2. The van der Waals surface area contributed by atoms with Gasteiger partial charge in [0.05, 0.1) is 18.2 Å². The van der Waals surface area contributed by atoms with E-state index in [-0.39, 0.29) is 17.7 Å². The number of amides is 1. The van der Waals surface area contributed by atoms with Gasteiger partial charge in [0, 0.05) is 5.56 Å². The molecule has 1 unspecified atom stereocenters. The van der Waals surface area contributed by atoms with Crippen LogP contribution in [0.1, 0.15) is 54.7 Å². The highest BCUT2D eigenvalue weighted by Gasteiger charge is 2.20. The molecular formula is C21H23N5O3. The summed E-state index contributed by atoms with van der Waals surface area (Å²) >= 11 is 0. The third-order valence-electron chi connectivity index (χ3n) is 4.61. The molecule has 3 aromatic rings. The number of benzene rings is 2. The molecule has 2 N–H and O–H groups in total. The van der Waals surface area contributed by atoms with Crippen LogP contribution in [0.5, 0.6) is 0 Å². The van der Waals surface area contributed by atoms with Gasteiger partial charge in [-0.15, -0.1) is 5.10 Å². The summed E-state index contributed by atoms with van der Waals surface area (Å²) in [6.07, 6.45) is 1.25. The zero-order valence-corrected chi connectivity index (χ0v) is 16.5. The monoisotopic (exact) mass is 393 g/mol. The van der Waals surface area contributed by atoms with Crippen LogP contribution in [0.25, 0.3) is 5.69 Å². The molecule has 0 aliphatic carbocycles. The average molecular weight is 393 g/mol. The lowest BCUT2D eigenvalue weighted by molar-refractivity contribution is -0.137. The van der Waals surface area contributed by atoms with Crippen molar-refractivity contribution in [2.75, 3.05) is 0 Å². The second-order valence-electron chi connectivity index (χ2n) is 7.80. The quantitative estimate of drug-likeness (QED) is 0.666. The minimum atomic E-state index is -0.982. The molecule has 0 spiro atoms. The van der Waals surface area contributed by atoms with Crippen LogP contribution in [0.2, 0.25) is 0 Å². The molecule has 0 aliphatic heterocycles. The Bertz CT molecular complexity index is 975. The fourth-order valence-corrected chi connectivity index (χ4v) is 2.93. The first-order chi connectivity index (χ1) is 13.7. The van der Waals surface area contributed by atoms with Crippen molar-refractivity contribution >= 4 is 11.9 Å². The largest absolute Gasteiger partial charge is 0.481 e. The summed E-state index contributed by atoms with van der Waals surface area (Å²) in [7, 11) is 0. The van der Waals surface area contributed by atoms with Gasteiger partial charge in [0.2, 0.25) is 0 Å². The maximum absolute atomic E-state index is 12.7. The molecule has 0 aliphatic rings. The van der Waals surface area contributed by atoms with Crippen LogP contribution >= 0.6 is 0 Å². The minimum absolute atomic E-state index is 0.00850. The van der Waals surface area contributed by atoms with E-state index in [1.165, 1.54) is 11.0 Å². The predicted molar refractivity (Wildman–Crippen MR) is 107 cm³/mol. The minimum Gasteiger partial charge on any atom is -0.481 e. The molecule has 1 heterocycles. The zero-order chi connectivity index (χ0) is 21.0. The number of carboxylic acids is 1. The molecule has 0 fully saturated rings. The van der Waals surface area contributed by atoms with E-state index in [1.807, 2.05) is 24.3 Å². The van der Waals surface area contributed by atoms with Gasteiger partial charge in [-0.3, -0.25) is 9.59 Å². The molecule has 29 heavy (non-hydrogen) atoms. The van der Waals surface area contributed by atoms with Crippen LogP contribution in [-0.2, 0) is 10.2 Å². The summed E-state index contributed by atoms with van der Waals surface area (Å²) in [4.78, 5) is 24.0. The molecule has 0 saturated heterocycles. The van der Waals surface area contributed by atoms with Crippen LogP contribution < -0.4 is 5.32 Å². The number of carbonyl (C=O) groups is 2. The smallest absolute Gasteiger partial charge is 0.305 e. The second-order valence-corrected chi connectivity index (χ2v) is 7.80. The molecule has 1 amide bonds. The van der Waals surface area contributed by atoms with Gasteiger partial charge in [0.1, 0.15) is 6.33 Å². The van der Waals surface area contributed by atoms with Crippen molar-refractivity contribution in [3.8, 4) is 5.69 Å². The number of aliphatic carboxylic acids is 1. The maximum atomic E-state index is 12.7. The molecular weight excluding hydrogens is 370 g/mol. The van der Waals surface area contributed by atoms with Crippen molar-refractivity contribution in [3.05, 3.63) is 71.5 Å². The number of nitrogens with one attached hydrogen (secondary N) is 1. The number of carboxylic acid groups (broad SMARTS) is 1. The zero-order valence-electron chi connectivity index (χ0n) is 16.5. The van der Waals surface area contributed by atoms with E-state index in [2.05, 4.69) is 41.6 Å². The van der Waals surface area contributed by atoms with Crippen LogP contribution in [0, 0.1) is 0 Å². The predicted octanol–water partition coefficient (Wildman–Crippen LogP) is 2.91. The van der Waals surface area contributed by atoms with E-state index >= 15 is 0 Å². The highest BCUT2D eigenvalue weighted by atomic mass is 16.4. The molecule has 0 radical (unpaired) electrons. The summed E-state index contributed by atoms with van der Waals surface area (Å²) in [6.45, 7) is 6.33. The maximum Gasteiger partial charge on any atom is 0.305 e. The molecule has 8 heteroatoms. The molecule has 1 atom stereocenters. The van der Waals surface area contributed by atoms with E-state index in [0.29, 0.717) is 11.3 Å². The molecule has 8 nitrogen and oxygen atoms in total. The first-order valence-electron chi connectivity index (χ1n) is 9.20. The van der Waals surface area contributed by atoms with Gasteiger partial charge in [-0.05, 0) is 51.2 Å². The highest BCUT2D eigenvalue weighted by Crippen LogP contribution is 2.25. The summed E-state index contributed by atoms with van der Waals surface area (Å²) in [5.41, 5.74) is 3.01. The third kappa shape index (κ3) is 5.04. The Balaban J connectivity index is 1.77. The lowest BCUT2D eigenvalue weighted by Gasteiger charge is -2.22. The first kappa shape index (κ1) is 20.2. The number of hydrogen-bond acceptors (Lipinski definition) is 5. The average Bonchev–Trinajstić information content (AvgIpc) is 3.21. The van der Waals surface area contributed by atoms with Gasteiger partial charge >= 0.3 is 5.97 Å². The van der Waals surface area contributed by atoms with Crippen LogP contribution in [0.4, 0.5) is 0 Å². The normalized spacial score (nSPS) is 12.4. The summed E-state index contributed by atoms with van der Waals surface area (Å²) in [5, 5.41) is 23.1. The number of tetrazole rings is 1. The highest BCUT2D eigenvalue weighted by molar-refractivity contribution is 5.94. The van der Waals surface area contributed by atoms with Gasteiger partial charge in [-0.1, -0.05) is 45.0 Å². The van der Waals surface area contributed by atoms with Crippen molar-refractivity contribution in [2.45, 2.75) is 38.6 Å². The summed E-state index contributed by atoms with van der Waals surface area (Å²) in [5.74, 6) is -1.33. The van der Waals surface area contributed by atoms with Gasteiger partial charge in [-0.2, -0.15) is 0 Å². The van der Waals surface area contributed by atoms with Crippen LogP contribution in [0.3, 0.4) is 0 Å². The third-order valence-corrected chi connectivity index (χ3v) is 4.61. The van der Waals surface area contributed by atoms with E-state index in [9.17, 15) is 14.7 Å². The molecule has 2 aromatic carbocycles. The molecule has 0 saturated carbocycles.